The molecule has 0 bridgehead atoms. The summed E-state index contributed by atoms with van der Waals surface area (Å²) in [6, 6.07) is 12.7. The SMILES string of the molecule is c1ccc2c(c1)CC2CNc1ccc2nnc(C3CC3)n2n1. The summed E-state index contributed by atoms with van der Waals surface area (Å²) in [5.41, 5.74) is 3.79. The lowest BCUT2D eigenvalue weighted by molar-refractivity contribution is 0.633. The Hall–Kier alpha value is -2.43. The smallest absolute Gasteiger partial charge is 0.178 e. The quantitative estimate of drug-likeness (QED) is 0.803. The molecule has 22 heavy (non-hydrogen) atoms. The molecule has 1 unspecified atom stereocenters. The van der Waals surface area contributed by atoms with Crippen molar-refractivity contribution >= 4 is 11.5 Å². The van der Waals surface area contributed by atoms with Gasteiger partial charge in [0.25, 0.3) is 0 Å². The lowest BCUT2D eigenvalue weighted by atomic mass is 9.78. The Labute approximate surface area is 128 Å². The zero-order chi connectivity index (χ0) is 14.5. The van der Waals surface area contributed by atoms with Crippen LogP contribution in [-0.4, -0.2) is 26.4 Å². The Morgan fingerprint density at radius 2 is 2.00 bits per heavy atom. The Balaban J connectivity index is 1.35. The second-order valence-corrected chi connectivity index (χ2v) is 6.30. The molecule has 0 spiro atoms. The molecule has 5 nitrogen and oxygen atoms in total. The minimum atomic E-state index is 0.552. The van der Waals surface area contributed by atoms with Gasteiger partial charge in [0.15, 0.2) is 11.5 Å². The summed E-state index contributed by atoms with van der Waals surface area (Å²) in [5.74, 6) is 3.06. The van der Waals surface area contributed by atoms with Crippen molar-refractivity contribution in [2.75, 3.05) is 11.9 Å². The highest BCUT2D eigenvalue weighted by molar-refractivity contribution is 5.46. The summed E-state index contributed by atoms with van der Waals surface area (Å²) in [6.07, 6.45) is 3.57. The van der Waals surface area contributed by atoms with Crippen LogP contribution in [0.25, 0.3) is 5.65 Å². The minimum Gasteiger partial charge on any atom is -0.368 e. The molecule has 1 aromatic carbocycles. The van der Waals surface area contributed by atoms with Crippen LogP contribution in [0.3, 0.4) is 0 Å². The second kappa shape index (κ2) is 4.53. The van der Waals surface area contributed by atoms with Crippen LogP contribution in [0.4, 0.5) is 5.82 Å². The number of hydrogen-bond donors (Lipinski definition) is 1. The highest BCUT2D eigenvalue weighted by Crippen LogP contribution is 2.39. The normalized spacial score (nSPS) is 19.7. The van der Waals surface area contributed by atoms with E-state index < -0.39 is 0 Å². The molecule has 1 N–H and O–H groups in total. The van der Waals surface area contributed by atoms with Gasteiger partial charge in [0.1, 0.15) is 5.82 Å². The molecule has 2 aromatic heterocycles. The number of anilines is 1. The van der Waals surface area contributed by atoms with Crippen molar-refractivity contribution in [3.8, 4) is 0 Å². The first-order valence-electron chi connectivity index (χ1n) is 7.92. The van der Waals surface area contributed by atoms with Crippen molar-refractivity contribution in [1.82, 2.24) is 19.8 Å². The molecule has 2 heterocycles. The number of fused-ring (bicyclic) bond motifs is 2. The van der Waals surface area contributed by atoms with Crippen LogP contribution in [0.2, 0.25) is 0 Å². The maximum Gasteiger partial charge on any atom is 0.178 e. The van der Waals surface area contributed by atoms with Crippen LogP contribution in [-0.2, 0) is 6.42 Å². The third kappa shape index (κ3) is 1.89. The molecule has 1 saturated carbocycles. The molecule has 3 aromatic rings. The van der Waals surface area contributed by atoms with Gasteiger partial charge < -0.3 is 5.32 Å². The first kappa shape index (κ1) is 12.1. The molecule has 2 aliphatic rings. The van der Waals surface area contributed by atoms with Gasteiger partial charge in [-0.2, -0.15) is 4.52 Å². The Bertz CT molecular complexity index is 849. The van der Waals surface area contributed by atoms with Gasteiger partial charge in [-0.1, -0.05) is 24.3 Å². The minimum absolute atomic E-state index is 0.552. The highest BCUT2D eigenvalue weighted by atomic mass is 15.4. The molecule has 0 amide bonds. The maximum atomic E-state index is 4.66. The van der Waals surface area contributed by atoms with Crippen molar-refractivity contribution in [2.24, 2.45) is 0 Å². The van der Waals surface area contributed by atoms with Crippen molar-refractivity contribution in [3.63, 3.8) is 0 Å². The molecule has 2 aliphatic carbocycles. The van der Waals surface area contributed by atoms with Crippen molar-refractivity contribution in [1.29, 1.82) is 0 Å². The average Bonchev–Trinajstić information content (AvgIpc) is 3.28. The molecular formula is C17H17N5. The number of rotatable bonds is 4. The van der Waals surface area contributed by atoms with E-state index in [1.807, 2.05) is 16.6 Å². The van der Waals surface area contributed by atoms with Crippen LogP contribution < -0.4 is 5.32 Å². The molecule has 1 atom stereocenters. The second-order valence-electron chi connectivity index (χ2n) is 6.30. The van der Waals surface area contributed by atoms with Crippen LogP contribution in [0.1, 0.15) is 41.6 Å². The summed E-state index contributed by atoms with van der Waals surface area (Å²) in [5, 5.41) is 16.6. The predicted molar refractivity (Wildman–Crippen MR) is 84.1 cm³/mol. The summed E-state index contributed by atoms with van der Waals surface area (Å²) >= 11 is 0. The van der Waals surface area contributed by atoms with Gasteiger partial charge >= 0.3 is 0 Å². The molecule has 5 heteroatoms. The molecule has 0 aliphatic heterocycles. The maximum absolute atomic E-state index is 4.66. The van der Waals surface area contributed by atoms with E-state index in [1.165, 1.54) is 24.0 Å². The number of nitrogens with zero attached hydrogens (tertiary/aromatic N) is 4. The van der Waals surface area contributed by atoms with Gasteiger partial charge in [-0.3, -0.25) is 0 Å². The van der Waals surface area contributed by atoms with Gasteiger partial charge in [-0.25, -0.2) is 0 Å². The summed E-state index contributed by atoms with van der Waals surface area (Å²) < 4.78 is 1.90. The number of benzene rings is 1. The fourth-order valence-electron chi connectivity index (χ4n) is 3.27. The summed E-state index contributed by atoms with van der Waals surface area (Å²) in [4.78, 5) is 0. The first-order valence-corrected chi connectivity index (χ1v) is 7.92. The number of nitrogens with one attached hydrogen (secondary N) is 1. The van der Waals surface area contributed by atoms with Gasteiger partial charge in [-0.15, -0.1) is 15.3 Å². The van der Waals surface area contributed by atoms with E-state index in [9.17, 15) is 0 Å². The monoisotopic (exact) mass is 291 g/mol. The molecule has 0 radical (unpaired) electrons. The number of hydrogen-bond acceptors (Lipinski definition) is 4. The van der Waals surface area contributed by atoms with Crippen molar-refractivity contribution in [2.45, 2.75) is 31.1 Å². The van der Waals surface area contributed by atoms with Crippen LogP contribution in [0.15, 0.2) is 36.4 Å². The van der Waals surface area contributed by atoms with Crippen molar-refractivity contribution < 1.29 is 0 Å². The lowest BCUT2D eigenvalue weighted by Crippen LogP contribution is -2.24. The van der Waals surface area contributed by atoms with Crippen LogP contribution in [0, 0.1) is 0 Å². The predicted octanol–water partition coefficient (Wildman–Crippen LogP) is 2.75. The standard InChI is InChI=1S/C17H17N5/c1-2-4-14-12(3-1)9-13(14)10-18-15-7-8-16-19-20-17(11-5-6-11)22(16)21-15/h1-4,7-8,11,13H,5-6,9-10H2,(H,18,21). The molecule has 1 fully saturated rings. The van der Waals surface area contributed by atoms with E-state index in [0.29, 0.717) is 11.8 Å². The molecule has 110 valence electrons. The molecule has 5 rings (SSSR count). The third-order valence-corrected chi connectivity index (χ3v) is 4.72. The van der Waals surface area contributed by atoms with E-state index in [1.54, 1.807) is 0 Å². The first-order chi connectivity index (χ1) is 10.9. The molecular weight excluding hydrogens is 274 g/mol. The fourth-order valence-corrected chi connectivity index (χ4v) is 3.27. The summed E-state index contributed by atoms with van der Waals surface area (Å²) in [7, 11) is 0. The van der Waals surface area contributed by atoms with Gasteiger partial charge in [0.2, 0.25) is 0 Å². The summed E-state index contributed by atoms with van der Waals surface area (Å²) in [6.45, 7) is 0.927. The topological polar surface area (TPSA) is 55.1 Å². The van der Waals surface area contributed by atoms with Gasteiger partial charge in [0.05, 0.1) is 0 Å². The van der Waals surface area contributed by atoms with Gasteiger partial charge in [-0.05, 0) is 42.5 Å². The van der Waals surface area contributed by atoms with E-state index in [4.69, 9.17) is 0 Å². The average molecular weight is 291 g/mol. The van der Waals surface area contributed by atoms with E-state index in [2.05, 4.69) is 44.9 Å². The largest absolute Gasteiger partial charge is 0.368 e. The fraction of sp³-hybridized carbons (Fsp3) is 0.353. The highest BCUT2D eigenvalue weighted by Gasteiger charge is 2.29. The van der Waals surface area contributed by atoms with E-state index >= 15 is 0 Å². The van der Waals surface area contributed by atoms with Crippen molar-refractivity contribution in [3.05, 3.63) is 53.3 Å². The van der Waals surface area contributed by atoms with E-state index in [0.717, 1.165) is 30.3 Å². The lowest BCUT2D eigenvalue weighted by Gasteiger charge is -2.30. The third-order valence-electron chi connectivity index (χ3n) is 4.72. The zero-order valence-electron chi connectivity index (χ0n) is 12.2. The Morgan fingerprint density at radius 3 is 2.86 bits per heavy atom. The van der Waals surface area contributed by atoms with Crippen LogP contribution in [0.5, 0.6) is 0 Å². The Morgan fingerprint density at radius 1 is 1.09 bits per heavy atom. The van der Waals surface area contributed by atoms with Gasteiger partial charge in [0, 0.05) is 18.4 Å². The number of aromatic nitrogens is 4. The van der Waals surface area contributed by atoms with E-state index in [-0.39, 0.29) is 0 Å². The van der Waals surface area contributed by atoms with Crippen LogP contribution >= 0.6 is 0 Å². The molecule has 0 saturated heterocycles. The zero-order valence-corrected chi connectivity index (χ0v) is 12.2. The Kier molecular flexibility index (Phi) is 2.50.